The molecule has 2 aromatic rings. The van der Waals surface area contributed by atoms with Crippen molar-refractivity contribution >= 4 is 0 Å². The number of phenols is 1. The van der Waals surface area contributed by atoms with Gasteiger partial charge in [0.2, 0.25) is 0 Å². The number of nitrogens with one attached hydrogen (secondary N) is 1. The van der Waals surface area contributed by atoms with Crippen LogP contribution in [0.5, 0.6) is 5.75 Å². The van der Waals surface area contributed by atoms with E-state index >= 15 is 0 Å². The van der Waals surface area contributed by atoms with E-state index in [0.717, 1.165) is 0 Å². The smallest absolute Gasteiger partial charge is 0.274 e. The van der Waals surface area contributed by atoms with Crippen LogP contribution in [0.4, 0.5) is 0 Å². The van der Waals surface area contributed by atoms with Gasteiger partial charge in [-0.15, -0.1) is 0 Å². The molecule has 0 fully saturated rings. The molecule has 0 saturated heterocycles. The molecule has 0 spiro atoms. The minimum absolute atomic E-state index is 0.101. The Balaban J connectivity index is 2.41. The molecule has 0 aliphatic heterocycles. The zero-order chi connectivity index (χ0) is 11.5. The molecule has 84 valence electrons. The highest BCUT2D eigenvalue weighted by Gasteiger charge is 2.06. The zero-order valence-electron chi connectivity index (χ0n) is 8.68. The highest BCUT2D eigenvalue weighted by Crippen LogP contribution is 2.11. The molecule has 0 aliphatic carbocycles. The van der Waals surface area contributed by atoms with Gasteiger partial charge in [0.25, 0.3) is 5.56 Å². The summed E-state index contributed by atoms with van der Waals surface area (Å²) in [5.74, 6) is 0.172. The molecule has 0 aliphatic rings. The molecule has 16 heavy (non-hydrogen) atoms. The van der Waals surface area contributed by atoms with Crippen LogP contribution in [0.25, 0.3) is 5.69 Å². The monoisotopic (exact) mass is 219 g/mol. The Morgan fingerprint density at radius 2 is 2.00 bits per heavy atom. The first-order valence-corrected chi connectivity index (χ1v) is 5.01. The molecule has 1 aromatic heterocycles. The summed E-state index contributed by atoms with van der Waals surface area (Å²) in [4.78, 5) is 11.9. The van der Waals surface area contributed by atoms with E-state index in [1.165, 1.54) is 16.8 Å². The lowest BCUT2D eigenvalue weighted by Crippen LogP contribution is -2.19. The van der Waals surface area contributed by atoms with Crippen LogP contribution in [0.2, 0.25) is 0 Å². The summed E-state index contributed by atoms with van der Waals surface area (Å²) >= 11 is 0. The number of rotatable bonds is 3. The van der Waals surface area contributed by atoms with Gasteiger partial charge in [0.1, 0.15) is 5.75 Å². The van der Waals surface area contributed by atoms with Crippen LogP contribution in [-0.4, -0.2) is 21.4 Å². The Morgan fingerprint density at radius 3 is 2.62 bits per heavy atom. The maximum Gasteiger partial charge on any atom is 0.274 e. The SMILES string of the molecule is NCCc1c[nH]n(-c2ccc(O)cc2)c1=O. The molecular weight excluding hydrogens is 206 g/mol. The molecule has 2 rings (SSSR count). The Kier molecular flexibility index (Phi) is 2.78. The zero-order valence-corrected chi connectivity index (χ0v) is 8.68. The Hall–Kier alpha value is -2.01. The molecule has 0 saturated carbocycles. The largest absolute Gasteiger partial charge is 0.508 e. The molecule has 1 heterocycles. The van der Waals surface area contributed by atoms with Crippen LogP contribution in [-0.2, 0) is 6.42 Å². The van der Waals surface area contributed by atoms with Gasteiger partial charge in [-0.25, -0.2) is 4.68 Å². The highest BCUT2D eigenvalue weighted by atomic mass is 16.3. The predicted octanol–water partition coefficient (Wildman–Crippen LogP) is 0.372. The summed E-state index contributed by atoms with van der Waals surface area (Å²) in [5.41, 5.74) is 6.65. The number of hydrogen-bond acceptors (Lipinski definition) is 3. The number of aromatic nitrogens is 2. The van der Waals surface area contributed by atoms with Gasteiger partial charge >= 0.3 is 0 Å². The molecule has 5 heteroatoms. The fourth-order valence-corrected chi connectivity index (χ4v) is 1.53. The van der Waals surface area contributed by atoms with Crippen molar-refractivity contribution in [1.82, 2.24) is 9.78 Å². The van der Waals surface area contributed by atoms with Crippen molar-refractivity contribution in [2.24, 2.45) is 5.73 Å². The van der Waals surface area contributed by atoms with E-state index in [9.17, 15) is 4.79 Å². The van der Waals surface area contributed by atoms with Gasteiger partial charge in [0, 0.05) is 11.8 Å². The molecule has 0 unspecified atom stereocenters. The maximum atomic E-state index is 11.9. The third kappa shape index (κ3) is 1.85. The Bertz CT molecular complexity index is 525. The normalized spacial score (nSPS) is 10.6. The molecule has 1 aromatic carbocycles. The molecule has 4 N–H and O–H groups in total. The summed E-state index contributed by atoms with van der Waals surface area (Å²) in [5, 5.41) is 12.0. The van der Waals surface area contributed by atoms with Gasteiger partial charge in [0.15, 0.2) is 0 Å². The average molecular weight is 219 g/mol. The van der Waals surface area contributed by atoms with Gasteiger partial charge in [-0.1, -0.05) is 0 Å². The molecule has 0 bridgehead atoms. The number of hydrogen-bond donors (Lipinski definition) is 3. The van der Waals surface area contributed by atoms with Crippen molar-refractivity contribution in [3.8, 4) is 11.4 Å². The quantitative estimate of drug-likeness (QED) is 0.697. The predicted molar refractivity (Wildman–Crippen MR) is 60.8 cm³/mol. The fraction of sp³-hybridized carbons (Fsp3) is 0.182. The second-order valence-electron chi connectivity index (χ2n) is 3.49. The number of nitrogens with two attached hydrogens (primary N) is 1. The van der Waals surface area contributed by atoms with E-state index in [1.807, 2.05) is 0 Å². The second-order valence-corrected chi connectivity index (χ2v) is 3.49. The Morgan fingerprint density at radius 1 is 1.31 bits per heavy atom. The number of H-pyrrole nitrogens is 1. The van der Waals surface area contributed by atoms with Gasteiger partial charge < -0.3 is 10.8 Å². The summed E-state index contributed by atoms with van der Waals surface area (Å²) in [6.07, 6.45) is 2.21. The molecule has 0 amide bonds. The van der Waals surface area contributed by atoms with E-state index in [2.05, 4.69) is 5.10 Å². The summed E-state index contributed by atoms with van der Waals surface area (Å²) in [6.45, 7) is 0.447. The van der Waals surface area contributed by atoms with Crippen LogP contribution in [0.15, 0.2) is 35.3 Å². The first-order valence-electron chi connectivity index (χ1n) is 5.01. The van der Waals surface area contributed by atoms with Crippen LogP contribution in [0.3, 0.4) is 0 Å². The second kappa shape index (κ2) is 4.24. The standard InChI is InChI=1S/C11H13N3O2/c12-6-5-8-7-13-14(11(8)16)9-1-3-10(15)4-2-9/h1-4,7,13,15H,5-6,12H2. The maximum absolute atomic E-state index is 11.9. The molecule has 0 atom stereocenters. The molecule has 0 radical (unpaired) electrons. The fourth-order valence-electron chi connectivity index (χ4n) is 1.53. The van der Waals surface area contributed by atoms with E-state index in [1.54, 1.807) is 18.3 Å². The first kappa shape index (κ1) is 10.5. The summed E-state index contributed by atoms with van der Waals surface area (Å²) in [7, 11) is 0. The van der Waals surface area contributed by atoms with Gasteiger partial charge in [-0.2, -0.15) is 0 Å². The van der Waals surface area contributed by atoms with E-state index < -0.39 is 0 Å². The van der Waals surface area contributed by atoms with Crippen LogP contribution in [0, 0.1) is 0 Å². The van der Waals surface area contributed by atoms with Crippen molar-refractivity contribution in [2.45, 2.75) is 6.42 Å². The minimum Gasteiger partial charge on any atom is -0.508 e. The third-order valence-corrected chi connectivity index (χ3v) is 2.37. The van der Waals surface area contributed by atoms with E-state index in [0.29, 0.717) is 24.2 Å². The van der Waals surface area contributed by atoms with Crippen molar-refractivity contribution in [1.29, 1.82) is 0 Å². The van der Waals surface area contributed by atoms with Crippen molar-refractivity contribution in [2.75, 3.05) is 6.54 Å². The number of benzene rings is 1. The Labute approximate surface area is 92.1 Å². The topological polar surface area (TPSA) is 84.0 Å². The third-order valence-electron chi connectivity index (χ3n) is 2.37. The highest BCUT2D eigenvalue weighted by molar-refractivity contribution is 5.36. The number of aromatic hydroxyl groups is 1. The number of aromatic amines is 1. The van der Waals surface area contributed by atoms with Gasteiger partial charge in [0.05, 0.1) is 5.69 Å². The van der Waals surface area contributed by atoms with Gasteiger partial charge in [-0.3, -0.25) is 9.89 Å². The van der Waals surface area contributed by atoms with Crippen LogP contribution < -0.4 is 11.3 Å². The minimum atomic E-state index is -0.101. The van der Waals surface area contributed by atoms with E-state index in [-0.39, 0.29) is 11.3 Å². The summed E-state index contributed by atoms with van der Waals surface area (Å²) < 4.78 is 1.42. The van der Waals surface area contributed by atoms with Crippen molar-refractivity contribution in [3.05, 3.63) is 46.4 Å². The summed E-state index contributed by atoms with van der Waals surface area (Å²) in [6, 6.07) is 6.40. The lowest BCUT2D eigenvalue weighted by Gasteiger charge is -2.00. The molecular formula is C11H13N3O2. The van der Waals surface area contributed by atoms with Crippen LogP contribution >= 0.6 is 0 Å². The first-order chi connectivity index (χ1) is 7.72. The van der Waals surface area contributed by atoms with Crippen LogP contribution in [0.1, 0.15) is 5.56 Å². The van der Waals surface area contributed by atoms with Gasteiger partial charge in [-0.05, 0) is 37.2 Å². The average Bonchev–Trinajstić information content (AvgIpc) is 2.63. The number of nitrogens with zero attached hydrogens (tertiary/aromatic N) is 1. The van der Waals surface area contributed by atoms with Crippen molar-refractivity contribution < 1.29 is 5.11 Å². The number of phenolic OH excluding ortho intramolecular Hbond substituents is 1. The van der Waals surface area contributed by atoms with E-state index in [4.69, 9.17) is 10.8 Å². The lowest BCUT2D eigenvalue weighted by atomic mass is 10.2. The molecule has 5 nitrogen and oxygen atoms in total. The van der Waals surface area contributed by atoms with Crippen molar-refractivity contribution in [3.63, 3.8) is 0 Å². The lowest BCUT2D eigenvalue weighted by molar-refractivity contribution is 0.475.